The van der Waals surface area contributed by atoms with E-state index in [-0.39, 0.29) is 11.9 Å². The Morgan fingerprint density at radius 2 is 2.00 bits per heavy atom. The summed E-state index contributed by atoms with van der Waals surface area (Å²) in [5.41, 5.74) is 6.20. The van der Waals surface area contributed by atoms with E-state index in [1.807, 2.05) is 17.9 Å². The third kappa shape index (κ3) is 3.94. The molecule has 1 aliphatic heterocycles. The van der Waals surface area contributed by atoms with Gasteiger partial charge < -0.3 is 10.6 Å². The van der Waals surface area contributed by atoms with Crippen LogP contribution in [0.2, 0.25) is 5.02 Å². The van der Waals surface area contributed by atoms with Gasteiger partial charge in [-0.25, -0.2) is 0 Å². The van der Waals surface area contributed by atoms with Crippen LogP contribution >= 0.6 is 39.7 Å². The quantitative estimate of drug-likeness (QED) is 0.806. The van der Waals surface area contributed by atoms with E-state index >= 15 is 0 Å². The van der Waals surface area contributed by atoms with Crippen molar-refractivity contribution in [2.45, 2.75) is 13.0 Å². The van der Waals surface area contributed by atoms with Crippen molar-refractivity contribution >= 4 is 50.6 Å². The van der Waals surface area contributed by atoms with Crippen molar-refractivity contribution in [3.63, 3.8) is 0 Å². The van der Waals surface area contributed by atoms with Crippen LogP contribution in [0, 0.1) is 0 Å². The minimum absolute atomic E-state index is 0.0380. The highest BCUT2D eigenvalue weighted by molar-refractivity contribution is 9.10. The second kappa shape index (κ2) is 7.05. The van der Waals surface area contributed by atoms with Gasteiger partial charge in [0.1, 0.15) is 0 Å². The molecule has 0 aliphatic carbocycles. The van der Waals surface area contributed by atoms with Crippen LogP contribution in [0.4, 0.5) is 0 Å². The van der Waals surface area contributed by atoms with Crippen molar-refractivity contribution in [2.24, 2.45) is 5.73 Å². The monoisotopic (exact) mass is 389 g/mol. The Morgan fingerprint density at radius 1 is 1.38 bits per heavy atom. The zero-order valence-corrected chi connectivity index (χ0v) is 14.8. The summed E-state index contributed by atoms with van der Waals surface area (Å²) < 4.78 is 0.844. The number of halogens is 2. The van der Waals surface area contributed by atoms with Crippen LogP contribution in [0.15, 0.2) is 22.7 Å². The first-order valence-electron chi connectivity index (χ1n) is 6.68. The van der Waals surface area contributed by atoms with E-state index in [2.05, 4.69) is 20.8 Å². The van der Waals surface area contributed by atoms with Gasteiger partial charge in [0, 0.05) is 30.7 Å². The van der Waals surface area contributed by atoms with E-state index < -0.39 is 0 Å². The second-order valence-corrected chi connectivity index (χ2v) is 6.82. The fourth-order valence-corrected chi connectivity index (χ4v) is 3.03. The fraction of sp³-hybridized carbons (Fsp3) is 0.429. The Kier molecular flexibility index (Phi) is 5.60. The van der Waals surface area contributed by atoms with Crippen LogP contribution in [0.1, 0.15) is 17.3 Å². The number of nitrogens with zero attached hydrogens (tertiary/aromatic N) is 2. The number of nitrogens with two attached hydrogens (primary N) is 1. The SMILES string of the molecule is CC(C(N)=S)N1CCN(C(=O)c2cc(Br)ccc2Cl)CC1. The molecular formula is C14H17BrClN3OS. The van der Waals surface area contributed by atoms with Gasteiger partial charge in [0.2, 0.25) is 0 Å². The van der Waals surface area contributed by atoms with Gasteiger partial charge >= 0.3 is 0 Å². The number of amides is 1. The molecule has 0 spiro atoms. The summed E-state index contributed by atoms with van der Waals surface area (Å²) in [7, 11) is 0. The highest BCUT2D eigenvalue weighted by Gasteiger charge is 2.26. The van der Waals surface area contributed by atoms with Gasteiger partial charge in [-0.3, -0.25) is 9.69 Å². The molecule has 1 fully saturated rings. The van der Waals surface area contributed by atoms with E-state index in [4.69, 9.17) is 29.6 Å². The summed E-state index contributed by atoms with van der Waals surface area (Å²) in [6, 6.07) is 5.37. The van der Waals surface area contributed by atoms with E-state index in [9.17, 15) is 4.79 Å². The molecule has 7 heteroatoms. The minimum Gasteiger partial charge on any atom is -0.392 e. The number of benzene rings is 1. The number of hydrogen-bond donors (Lipinski definition) is 1. The Hall–Kier alpha value is -0.690. The van der Waals surface area contributed by atoms with Crippen molar-refractivity contribution in [2.75, 3.05) is 26.2 Å². The highest BCUT2D eigenvalue weighted by Crippen LogP contribution is 2.23. The lowest BCUT2D eigenvalue weighted by atomic mass is 10.1. The predicted octanol–water partition coefficient (Wildman–Crippen LogP) is 2.53. The first-order chi connectivity index (χ1) is 9.90. The van der Waals surface area contributed by atoms with Gasteiger partial charge in [-0.1, -0.05) is 39.7 Å². The molecule has 0 bridgehead atoms. The molecule has 1 aromatic carbocycles. The molecule has 0 radical (unpaired) electrons. The third-order valence-electron chi connectivity index (χ3n) is 3.72. The average Bonchev–Trinajstić information content (AvgIpc) is 2.48. The van der Waals surface area contributed by atoms with Gasteiger partial charge in [-0.2, -0.15) is 0 Å². The largest absolute Gasteiger partial charge is 0.392 e. The standard InChI is InChI=1S/C14H17BrClN3OS/c1-9(13(17)21)18-4-6-19(7-5-18)14(20)11-8-10(15)2-3-12(11)16/h2-3,8-9H,4-7H2,1H3,(H2,17,21). The molecule has 0 saturated carbocycles. The predicted molar refractivity (Wildman–Crippen MR) is 92.9 cm³/mol. The number of hydrogen-bond acceptors (Lipinski definition) is 3. The molecule has 4 nitrogen and oxygen atoms in total. The molecule has 2 rings (SSSR count). The molecule has 1 heterocycles. The summed E-state index contributed by atoms with van der Waals surface area (Å²) >= 11 is 14.5. The molecule has 1 unspecified atom stereocenters. The fourth-order valence-electron chi connectivity index (χ4n) is 2.32. The summed E-state index contributed by atoms with van der Waals surface area (Å²) in [6.07, 6.45) is 0. The van der Waals surface area contributed by atoms with Crippen molar-refractivity contribution in [1.82, 2.24) is 9.80 Å². The first kappa shape index (κ1) is 16.7. The molecule has 114 valence electrons. The normalized spacial score (nSPS) is 17.6. The Balaban J connectivity index is 2.03. The first-order valence-corrected chi connectivity index (χ1v) is 8.25. The number of thiocarbonyl (C=S) groups is 1. The maximum Gasteiger partial charge on any atom is 0.255 e. The van der Waals surface area contributed by atoms with E-state index in [0.717, 1.165) is 17.6 Å². The van der Waals surface area contributed by atoms with Gasteiger partial charge in [-0.05, 0) is 25.1 Å². The van der Waals surface area contributed by atoms with E-state index in [1.54, 1.807) is 12.1 Å². The zero-order valence-electron chi connectivity index (χ0n) is 11.7. The Morgan fingerprint density at radius 3 is 2.57 bits per heavy atom. The maximum absolute atomic E-state index is 12.5. The lowest BCUT2D eigenvalue weighted by molar-refractivity contribution is 0.0622. The van der Waals surface area contributed by atoms with Crippen molar-refractivity contribution in [3.05, 3.63) is 33.3 Å². The van der Waals surface area contributed by atoms with E-state index in [1.165, 1.54) is 0 Å². The minimum atomic E-state index is -0.0380. The van der Waals surface area contributed by atoms with Gasteiger partial charge in [0.25, 0.3) is 5.91 Å². The Labute approximate surface area is 143 Å². The van der Waals surface area contributed by atoms with Crippen LogP contribution in [0.3, 0.4) is 0 Å². The van der Waals surface area contributed by atoms with Crippen molar-refractivity contribution < 1.29 is 4.79 Å². The Bertz CT molecular complexity index is 561. The molecule has 1 aromatic rings. The van der Waals surface area contributed by atoms with Crippen LogP contribution in [0.5, 0.6) is 0 Å². The number of rotatable bonds is 3. The topological polar surface area (TPSA) is 49.6 Å². The lowest BCUT2D eigenvalue weighted by Crippen LogP contribution is -2.54. The number of carbonyl (C=O) groups excluding carboxylic acids is 1. The summed E-state index contributed by atoms with van der Waals surface area (Å²) in [6.45, 7) is 4.81. The molecule has 0 aromatic heterocycles. The van der Waals surface area contributed by atoms with Crippen LogP contribution in [-0.4, -0.2) is 52.9 Å². The van der Waals surface area contributed by atoms with Crippen LogP contribution in [0.25, 0.3) is 0 Å². The van der Waals surface area contributed by atoms with Gasteiger partial charge in [0.15, 0.2) is 0 Å². The molecule has 1 atom stereocenters. The molecule has 2 N–H and O–H groups in total. The summed E-state index contributed by atoms with van der Waals surface area (Å²) in [5, 5.41) is 0.474. The van der Waals surface area contributed by atoms with Crippen LogP contribution in [-0.2, 0) is 0 Å². The van der Waals surface area contributed by atoms with E-state index in [0.29, 0.717) is 28.7 Å². The van der Waals surface area contributed by atoms with Crippen molar-refractivity contribution in [3.8, 4) is 0 Å². The lowest BCUT2D eigenvalue weighted by Gasteiger charge is -2.37. The zero-order chi connectivity index (χ0) is 15.6. The molecule has 1 amide bonds. The third-order valence-corrected chi connectivity index (χ3v) is 4.88. The van der Waals surface area contributed by atoms with Gasteiger partial charge in [-0.15, -0.1) is 0 Å². The average molecular weight is 391 g/mol. The number of carbonyl (C=O) groups is 1. The summed E-state index contributed by atoms with van der Waals surface area (Å²) in [5.74, 6) is -0.0380. The molecule has 21 heavy (non-hydrogen) atoms. The molecule has 1 saturated heterocycles. The second-order valence-electron chi connectivity index (χ2n) is 5.03. The summed E-state index contributed by atoms with van der Waals surface area (Å²) in [4.78, 5) is 17.0. The molecular weight excluding hydrogens is 374 g/mol. The smallest absolute Gasteiger partial charge is 0.255 e. The number of piperazine rings is 1. The highest BCUT2D eigenvalue weighted by atomic mass is 79.9. The maximum atomic E-state index is 12.5. The van der Waals surface area contributed by atoms with Gasteiger partial charge in [0.05, 0.1) is 21.6 Å². The molecule has 1 aliphatic rings. The van der Waals surface area contributed by atoms with Crippen molar-refractivity contribution in [1.29, 1.82) is 0 Å². The van der Waals surface area contributed by atoms with Crippen LogP contribution < -0.4 is 5.73 Å².